The monoisotopic (exact) mass is 529 g/mol. The topological polar surface area (TPSA) is 87.7 Å². The van der Waals surface area contributed by atoms with E-state index in [0.717, 1.165) is 22.3 Å². The van der Waals surface area contributed by atoms with E-state index in [1.165, 1.54) is 11.9 Å². The lowest BCUT2D eigenvalue weighted by Crippen LogP contribution is -2.62. The molecule has 0 aliphatic carbocycles. The molecule has 0 heterocycles. The van der Waals surface area contributed by atoms with Crippen molar-refractivity contribution in [3.05, 3.63) is 96.1 Å². The summed E-state index contributed by atoms with van der Waals surface area (Å²) in [4.78, 5) is 41.1. The SMILES string of the molecule is CNC(=O)[C@@](C)(Cc1ccccc1)NC(=O)[C@@H](Cc1ccc(-c2ccccc2)cc1)N(C)C(=O)OC(C)(C)C. The maximum Gasteiger partial charge on any atom is 0.410 e. The Morgan fingerprint density at radius 1 is 0.795 bits per heavy atom. The average molecular weight is 530 g/mol. The summed E-state index contributed by atoms with van der Waals surface area (Å²) in [6.45, 7) is 7.02. The quantitative estimate of drug-likeness (QED) is 0.409. The van der Waals surface area contributed by atoms with Crippen LogP contribution in [0.3, 0.4) is 0 Å². The zero-order valence-corrected chi connectivity index (χ0v) is 23.7. The van der Waals surface area contributed by atoms with Gasteiger partial charge in [-0.25, -0.2) is 4.79 Å². The second kappa shape index (κ2) is 12.6. The van der Waals surface area contributed by atoms with E-state index in [0.29, 0.717) is 0 Å². The first-order valence-corrected chi connectivity index (χ1v) is 13.1. The number of carbonyl (C=O) groups excluding carboxylic acids is 3. The van der Waals surface area contributed by atoms with Gasteiger partial charge in [0.1, 0.15) is 17.2 Å². The highest BCUT2D eigenvalue weighted by atomic mass is 16.6. The number of likely N-dealkylation sites (N-methyl/N-ethyl adjacent to an activating group) is 2. The molecule has 206 valence electrons. The van der Waals surface area contributed by atoms with Crippen molar-refractivity contribution in [3.8, 4) is 11.1 Å². The largest absolute Gasteiger partial charge is 0.444 e. The van der Waals surface area contributed by atoms with Crippen molar-refractivity contribution < 1.29 is 19.1 Å². The van der Waals surface area contributed by atoms with E-state index in [2.05, 4.69) is 10.6 Å². The van der Waals surface area contributed by atoms with Crippen molar-refractivity contribution >= 4 is 17.9 Å². The van der Waals surface area contributed by atoms with E-state index in [1.54, 1.807) is 34.7 Å². The van der Waals surface area contributed by atoms with Gasteiger partial charge in [-0.3, -0.25) is 14.5 Å². The smallest absolute Gasteiger partial charge is 0.410 e. The highest BCUT2D eigenvalue weighted by molar-refractivity contribution is 5.94. The molecule has 7 nitrogen and oxygen atoms in total. The molecule has 0 radical (unpaired) electrons. The number of benzene rings is 3. The first kappa shape index (κ1) is 29.4. The Hall–Kier alpha value is -4.13. The maximum atomic E-state index is 13.8. The molecule has 39 heavy (non-hydrogen) atoms. The van der Waals surface area contributed by atoms with Crippen molar-refractivity contribution in [2.45, 2.75) is 57.7 Å². The third-order valence-electron chi connectivity index (χ3n) is 6.47. The molecule has 3 aromatic rings. The van der Waals surface area contributed by atoms with E-state index in [-0.39, 0.29) is 18.7 Å². The molecule has 3 amide bonds. The van der Waals surface area contributed by atoms with Crippen molar-refractivity contribution in [2.24, 2.45) is 0 Å². The highest BCUT2D eigenvalue weighted by Gasteiger charge is 2.39. The number of hydrogen-bond acceptors (Lipinski definition) is 4. The zero-order valence-electron chi connectivity index (χ0n) is 23.7. The lowest BCUT2D eigenvalue weighted by atomic mass is 9.90. The van der Waals surface area contributed by atoms with Gasteiger partial charge in [-0.1, -0.05) is 84.9 Å². The number of carbonyl (C=O) groups is 3. The Morgan fingerprint density at radius 2 is 1.33 bits per heavy atom. The number of hydrogen-bond donors (Lipinski definition) is 2. The van der Waals surface area contributed by atoms with Gasteiger partial charge in [-0.15, -0.1) is 0 Å². The fourth-order valence-electron chi connectivity index (χ4n) is 4.37. The molecule has 0 unspecified atom stereocenters. The second-order valence-corrected chi connectivity index (χ2v) is 10.9. The van der Waals surface area contributed by atoms with Crippen LogP contribution in [0.2, 0.25) is 0 Å². The van der Waals surface area contributed by atoms with Gasteiger partial charge in [0.05, 0.1) is 0 Å². The minimum absolute atomic E-state index is 0.242. The molecule has 0 aliphatic rings. The van der Waals surface area contributed by atoms with Crippen LogP contribution in [0, 0.1) is 0 Å². The van der Waals surface area contributed by atoms with Crippen LogP contribution < -0.4 is 10.6 Å². The zero-order chi connectivity index (χ0) is 28.6. The number of rotatable bonds is 9. The molecule has 2 atom stereocenters. The Morgan fingerprint density at radius 3 is 1.87 bits per heavy atom. The van der Waals surface area contributed by atoms with Gasteiger partial charge in [-0.05, 0) is 49.9 Å². The van der Waals surface area contributed by atoms with Crippen LogP contribution >= 0.6 is 0 Å². The molecule has 0 bridgehead atoms. The lowest BCUT2D eigenvalue weighted by molar-refractivity contribution is -0.135. The van der Waals surface area contributed by atoms with Gasteiger partial charge in [0.25, 0.3) is 0 Å². The highest BCUT2D eigenvalue weighted by Crippen LogP contribution is 2.22. The van der Waals surface area contributed by atoms with Crippen LogP contribution in [-0.4, -0.2) is 54.1 Å². The van der Waals surface area contributed by atoms with E-state index in [1.807, 2.05) is 84.9 Å². The maximum absolute atomic E-state index is 13.8. The van der Waals surface area contributed by atoms with Crippen LogP contribution in [0.1, 0.15) is 38.8 Å². The Balaban J connectivity index is 1.90. The Bertz CT molecular complexity index is 1250. The molecule has 2 N–H and O–H groups in total. The molecular weight excluding hydrogens is 490 g/mol. The van der Waals surface area contributed by atoms with Crippen LogP contribution in [0.15, 0.2) is 84.9 Å². The minimum atomic E-state index is -1.24. The van der Waals surface area contributed by atoms with E-state index < -0.39 is 29.2 Å². The third kappa shape index (κ3) is 8.18. The summed E-state index contributed by atoms with van der Waals surface area (Å²) in [7, 11) is 3.08. The predicted molar refractivity (Wildman–Crippen MR) is 154 cm³/mol. The van der Waals surface area contributed by atoms with Gasteiger partial charge in [0, 0.05) is 26.9 Å². The first-order chi connectivity index (χ1) is 18.4. The number of nitrogens with zero attached hydrogens (tertiary/aromatic N) is 1. The number of nitrogens with one attached hydrogen (secondary N) is 2. The lowest BCUT2D eigenvalue weighted by Gasteiger charge is -2.34. The van der Waals surface area contributed by atoms with Gasteiger partial charge >= 0.3 is 6.09 Å². The number of ether oxygens (including phenoxy) is 1. The summed E-state index contributed by atoms with van der Waals surface area (Å²) in [6.07, 6.45) is -0.0899. The minimum Gasteiger partial charge on any atom is -0.444 e. The standard InChI is InChI=1S/C32H39N3O4/c1-31(2,3)39-30(38)35(6)27(21-23-17-19-26(20-18-23)25-15-11-8-12-16-25)28(36)34-32(4,29(37)33-5)22-24-13-9-7-10-14-24/h7-20,27H,21-22H2,1-6H3,(H,33,37)(H,34,36)/t27-,32-/m1/s1. The van der Waals surface area contributed by atoms with Crippen LogP contribution in [0.25, 0.3) is 11.1 Å². The van der Waals surface area contributed by atoms with Gasteiger partial charge < -0.3 is 15.4 Å². The van der Waals surface area contributed by atoms with Crippen LogP contribution in [-0.2, 0) is 27.2 Å². The Kier molecular flexibility index (Phi) is 9.51. The Labute approximate surface area is 231 Å². The summed E-state index contributed by atoms with van der Waals surface area (Å²) in [5.41, 5.74) is 1.94. The normalized spacial score (nSPS) is 13.5. The molecule has 0 saturated heterocycles. The van der Waals surface area contributed by atoms with E-state index in [4.69, 9.17) is 4.74 Å². The van der Waals surface area contributed by atoms with Gasteiger partial charge in [0.15, 0.2) is 0 Å². The molecule has 0 spiro atoms. The molecular formula is C32H39N3O4. The van der Waals surface area contributed by atoms with E-state index in [9.17, 15) is 14.4 Å². The third-order valence-corrected chi connectivity index (χ3v) is 6.47. The molecule has 0 aliphatic heterocycles. The first-order valence-electron chi connectivity index (χ1n) is 13.1. The predicted octanol–water partition coefficient (Wildman–Crippen LogP) is 5.00. The van der Waals surface area contributed by atoms with Crippen LogP contribution in [0.5, 0.6) is 0 Å². The van der Waals surface area contributed by atoms with Crippen molar-refractivity contribution in [3.63, 3.8) is 0 Å². The fraction of sp³-hybridized carbons (Fsp3) is 0.344. The summed E-state index contributed by atoms with van der Waals surface area (Å²) in [5, 5.41) is 5.61. The average Bonchev–Trinajstić information content (AvgIpc) is 2.91. The van der Waals surface area contributed by atoms with Crippen molar-refractivity contribution in [1.29, 1.82) is 0 Å². The number of amides is 3. The van der Waals surface area contributed by atoms with E-state index >= 15 is 0 Å². The summed E-state index contributed by atoms with van der Waals surface area (Å²) >= 11 is 0. The van der Waals surface area contributed by atoms with Gasteiger partial charge in [0.2, 0.25) is 11.8 Å². The van der Waals surface area contributed by atoms with Crippen molar-refractivity contribution in [2.75, 3.05) is 14.1 Å². The summed E-state index contributed by atoms with van der Waals surface area (Å²) in [5.74, 6) is -0.775. The molecule has 7 heteroatoms. The molecule has 3 rings (SSSR count). The molecule has 0 saturated carbocycles. The molecule has 0 aromatic heterocycles. The fourth-order valence-corrected chi connectivity index (χ4v) is 4.37. The van der Waals surface area contributed by atoms with Crippen LogP contribution in [0.4, 0.5) is 4.79 Å². The second-order valence-electron chi connectivity index (χ2n) is 10.9. The van der Waals surface area contributed by atoms with Gasteiger partial charge in [-0.2, -0.15) is 0 Å². The molecule has 0 fully saturated rings. The molecule has 3 aromatic carbocycles. The summed E-state index contributed by atoms with van der Waals surface area (Å²) < 4.78 is 5.57. The van der Waals surface area contributed by atoms with Crippen molar-refractivity contribution in [1.82, 2.24) is 15.5 Å². The summed E-state index contributed by atoms with van der Waals surface area (Å²) in [6, 6.07) is 26.5.